The van der Waals surface area contributed by atoms with Crippen LogP contribution in [-0.4, -0.2) is 23.4 Å². The topological polar surface area (TPSA) is 122 Å². The summed E-state index contributed by atoms with van der Waals surface area (Å²) >= 11 is 5.76. The van der Waals surface area contributed by atoms with Crippen LogP contribution in [0.4, 0.5) is 11.4 Å². The number of benzene rings is 2. The molecule has 0 aromatic heterocycles. The number of carboxylic acid groups (broad SMARTS) is 1. The summed E-state index contributed by atoms with van der Waals surface area (Å²) in [5, 5.41) is 24.4. The van der Waals surface area contributed by atoms with E-state index in [2.05, 4.69) is 5.32 Å². The number of hydrogen-bond acceptors (Lipinski definition) is 6. The Hall–Kier alpha value is -3.13. The molecule has 1 N–H and O–H groups in total. The lowest BCUT2D eigenvalue weighted by atomic mass is 10.2. The van der Waals surface area contributed by atoms with Crippen LogP contribution in [0.3, 0.4) is 0 Å². The van der Waals surface area contributed by atoms with E-state index in [9.17, 15) is 24.8 Å². The molecule has 0 unspecified atom stereocenters. The molecule has 1 amide bonds. The number of para-hydroxylation sites is 2. The van der Waals surface area contributed by atoms with E-state index >= 15 is 0 Å². The van der Waals surface area contributed by atoms with Crippen LogP contribution in [0.5, 0.6) is 5.75 Å². The Morgan fingerprint density at radius 1 is 1.21 bits per heavy atom. The number of carboxylic acids is 1. The molecule has 9 heteroatoms. The van der Waals surface area contributed by atoms with Gasteiger partial charge < -0.3 is 20.0 Å². The van der Waals surface area contributed by atoms with Crippen LogP contribution in [-0.2, 0) is 4.79 Å². The fraction of sp³-hybridized carbons (Fsp3) is 0.0667. The SMILES string of the molecule is O=C(COc1ccccc1[N+](=O)[O-])Nc1cc(Cl)ccc1C(=O)[O-]. The molecule has 24 heavy (non-hydrogen) atoms. The van der Waals surface area contributed by atoms with Crippen molar-refractivity contribution >= 4 is 34.9 Å². The second-order valence-electron chi connectivity index (χ2n) is 4.54. The lowest BCUT2D eigenvalue weighted by Crippen LogP contribution is -2.26. The fourth-order valence-corrected chi connectivity index (χ4v) is 2.03. The Kier molecular flexibility index (Phi) is 5.33. The van der Waals surface area contributed by atoms with Crippen molar-refractivity contribution in [2.75, 3.05) is 11.9 Å². The second-order valence-corrected chi connectivity index (χ2v) is 4.98. The van der Waals surface area contributed by atoms with Crippen molar-refractivity contribution in [2.45, 2.75) is 0 Å². The minimum atomic E-state index is -1.48. The molecule has 0 saturated heterocycles. The molecule has 0 radical (unpaired) electrons. The average Bonchev–Trinajstić information content (AvgIpc) is 2.53. The summed E-state index contributed by atoms with van der Waals surface area (Å²) in [7, 11) is 0. The minimum absolute atomic E-state index is 0.0568. The number of nitro benzene ring substituents is 1. The first-order valence-electron chi connectivity index (χ1n) is 6.55. The third kappa shape index (κ3) is 4.20. The number of anilines is 1. The van der Waals surface area contributed by atoms with Crippen molar-refractivity contribution < 1.29 is 24.4 Å². The quantitative estimate of drug-likeness (QED) is 0.624. The molecule has 2 aromatic rings. The first kappa shape index (κ1) is 17.2. The van der Waals surface area contributed by atoms with E-state index in [0.29, 0.717) is 0 Å². The molecule has 0 spiro atoms. The Labute approximate surface area is 140 Å². The number of carbonyl (C=O) groups excluding carboxylic acids is 2. The normalized spacial score (nSPS) is 10.0. The summed E-state index contributed by atoms with van der Waals surface area (Å²) in [4.78, 5) is 33.1. The maximum Gasteiger partial charge on any atom is 0.310 e. The van der Waals surface area contributed by atoms with Crippen molar-refractivity contribution in [1.82, 2.24) is 0 Å². The van der Waals surface area contributed by atoms with Gasteiger partial charge in [-0.05, 0) is 24.3 Å². The van der Waals surface area contributed by atoms with Gasteiger partial charge in [-0.25, -0.2) is 0 Å². The molecule has 0 aliphatic heterocycles. The van der Waals surface area contributed by atoms with Crippen LogP contribution in [0, 0.1) is 10.1 Å². The monoisotopic (exact) mass is 349 g/mol. The first-order valence-corrected chi connectivity index (χ1v) is 6.93. The van der Waals surface area contributed by atoms with Crippen LogP contribution in [0.2, 0.25) is 5.02 Å². The van der Waals surface area contributed by atoms with Gasteiger partial charge in [0.15, 0.2) is 12.4 Å². The number of hydrogen-bond donors (Lipinski definition) is 1. The molecular formula is C15H10ClN2O6-. The molecule has 2 aromatic carbocycles. The van der Waals surface area contributed by atoms with Gasteiger partial charge in [-0.3, -0.25) is 14.9 Å². The number of carbonyl (C=O) groups is 2. The molecular weight excluding hydrogens is 340 g/mol. The van der Waals surface area contributed by atoms with E-state index in [1.165, 1.54) is 42.5 Å². The van der Waals surface area contributed by atoms with E-state index in [4.69, 9.17) is 16.3 Å². The number of nitro groups is 1. The number of nitrogens with zero attached hydrogens (tertiary/aromatic N) is 1. The highest BCUT2D eigenvalue weighted by atomic mass is 35.5. The predicted octanol–water partition coefficient (Wildman–Crippen LogP) is 1.63. The van der Waals surface area contributed by atoms with Gasteiger partial charge >= 0.3 is 5.69 Å². The minimum Gasteiger partial charge on any atom is -0.545 e. The summed E-state index contributed by atoms with van der Waals surface area (Å²) in [5.41, 5.74) is -0.597. The molecule has 8 nitrogen and oxygen atoms in total. The van der Waals surface area contributed by atoms with Gasteiger partial charge in [0, 0.05) is 16.7 Å². The third-order valence-electron chi connectivity index (χ3n) is 2.90. The van der Waals surface area contributed by atoms with E-state index in [1.807, 2.05) is 0 Å². The van der Waals surface area contributed by atoms with Crippen LogP contribution >= 0.6 is 11.6 Å². The van der Waals surface area contributed by atoms with Crippen molar-refractivity contribution in [3.8, 4) is 5.75 Å². The number of ether oxygens (including phenoxy) is 1. The largest absolute Gasteiger partial charge is 0.545 e. The molecule has 0 heterocycles. The number of amides is 1. The smallest absolute Gasteiger partial charge is 0.310 e. The molecule has 0 aliphatic rings. The fourth-order valence-electron chi connectivity index (χ4n) is 1.86. The van der Waals surface area contributed by atoms with Crippen LogP contribution in [0.15, 0.2) is 42.5 Å². The highest BCUT2D eigenvalue weighted by molar-refractivity contribution is 6.31. The van der Waals surface area contributed by atoms with Gasteiger partial charge in [0.05, 0.1) is 16.6 Å². The van der Waals surface area contributed by atoms with Crippen molar-refractivity contribution in [3.63, 3.8) is 0 Å². The van der Waals surface area contributed by atoms with Gasteiger partial charge in [0.2, 0.25) is 0 Å². The first-order chi connectivity index (χ1) is 11.4. The number of rotatable bonds is 6. The standard InChI is InChI=1S/C15H11ClN2O6/c16-9-5-6-10(15(20)21)11(7-9)17-14(19)8-24-13-4-2-1-3-12(13)18(22)23/h1-7H,8H2,(H,17,19)(H,20,21)/p-1. The molecule has 0 atom stereocenters. The number of nitrogens with one attached hydrogen (secondary N) is 1. The summed E-state index contributed by atoms with van der Waals surface area (Å²) in [6.45, 7) is -0.552. The average molecular weight is 350 g/mol. The lowest BCUT2D eigenvalue weighted by molar-refractivity contribution is -0.385. The van der Waals surface area contributed by atoms with E-state index in [1.54, 1.807) is 0 Å². The van der Waals surface area contributed by atoms with Gasteiger partial charge in [0.1, 0.15) is 0 Å². The number of halogens is 1. The summed E-state index contributed by atoms with van der Waals surface area (Å²) in [6.07, 6.45) is 0. The Morgan fingerprint density at radius 2 is 1.92 bits per heavy atom. The molecule has 124 valence electrons. The third-order valence-corrected chi connectivity index (χ3v) is 3.13. The summed E-state index contributed by atoms with van der Waals surface area (Å²) in [5.74, 6) is -2.27. The van der Waals surface area contributed by atoms with Crippen molar-refractivity contribution in [1.29, 1.82) is 0 Å². The van der Waals surface area contributed by atoms with Gasteiger partial charge in [-0.1, -0.05) is 23.7 Å². The Morgan fingerprint density at radius 3 is 2.58 bits per heavy atom. The Bertz CT molecular complexity index is 808. The predicted molar refractivity (Wildman–Crippen MR) is 83.0 cm³/mol. The van der Waals surface area contributed by atoms with Crippen molar-refractivity contribution in [3.05, 3.63) is 63.2 Å². The molecule has 0 saturated carbocycles. The maximum atomic E-state index is 11.9. The lowest BCUT2D eigenvalue weighted by Gasteiger charge is -2.12. The molecule has 0 fully saturated rings. The maximum absolute atomic E-state index is 11.9. The van der Waals surface area contributed by atoms with Crippen LogP contribution < -0.4 is 15.2 Å². The van der Waals surface area contributed by atoms with Gasteiger partial charge in [0.25, 0.3) is 5.91 Å². The van der Waals surface area contributed by atoms with E-state index in [-0.39, 0.29) is 27.7 Å². The summed E-state index contributed by atoms with van der Waals surface area (Å²) < 4.78 is 5.11. The van der Waals surface area contributed by atoms with E-state index < -0.39 is 23.4 Å². The van der Waals surface area contributed by atoms with Crippen molar-refractivity contribution in [2.24, 2.45) is 0 Å². The molecule has 0 aliphatic carbocycles. The molecule has 0 bridgehead atoms. The van der Waals surface area contributed by atoms with Gasteiger partial charge in [-0.2, -0.15) is 0 Å². The van der Waals surface area contributed by atoms with Crippen LogP contribution in [0.25, 0.3) is 0 Å². The van der Waals surface area contributed by atoms with Crippen LogP contribution in [0.1, 0.15) is 10.4 Å². The second kappa shape index (κ2) is 7.42. The zero-order valence-electron chi connectivity index (χ0n) is 12.0. The highest BCUT2D eigenvalue weighted by Crippen LogP contribution is 2.26. The highest BCUT2D eigenvalue weighted by Gasteiger charge is 2.15. The summed E-state index contributed by atoms with van der Waals surface area (Å²) in [6, 6.07) is 9.34. The molecule has 2 rings (SSSR count). The van der Waals surface area contributed by atoms with E-state index in [0.717, 1.165) is 0 Å². The number of aromatic carboxylic acids is 1. The zero-order valence-corrected chi connectivity index (χ0v) is 12.8. The Balaban J connectivity index is 2.09. The zero-order chi connectivity index (χ0) is 17.7. The van der Waals surface area contributed by atoms with Gasteiger partial charge in [-0.15, -0.1) is 0 Å².